The van der Waals surface area contributed by atoms with Gasteiger partial charge < -0.3 is 24.6 Å². The summed E-state index contributed by atoms with van der Waals surface area (Å²) in [5.74, 6) is -0.0561. The number of hydrogen-bond donors (Lipinski definition) is 3. The van der Waals surface area contributed by atoms with Crippen molar-refractivity contribution in [1.82, 2.24) is 5.16 Å². The molecule has 1 fully saturated rings. The molecule has 9 heteroatoms. The first kappa shape index (κ1) is 23.6. The summed E-state index contributed by atoms with van der Waals surface area (Å²) in [6.07, 6.45) is 2.55. The average molecular weight is 445 g/mol. The van der Waals surface area contributed by atoms with E-state index in [0.29, 0.717) is 42.9 Å². The molecule has 2 heterocycles. The van der Waals surface area contributed by atoms with E-state index in [2.05, 4.69) is 27.6 Å². The van der Waals surface area contributed by atoms with Crippen LogP contribution in [0.15, 0.2) is 28.8 Å². The van der Waals surface area contributed by atoms with E-state index in [0.717, 1.165) is 30.6 Å². The molecule has 1 saturated heterocycles. The highest BCUT2D eigenvalue weighted by Gasteiger charge is 2.24. The van der Waals surface area contributed by atoms with Crippen molar-refractivity contribution in [2.45, 2.75) is 58.4 Å². The lowest BCUT2D eigenvalue weighted by Gasteiger charge is -2.36. The summed E-state index contributed by atoms with van der Waals surface area (Å²) >= 11 is 0. The van der Waals surface area contributed by atoms with Crippen molar-refractivity contribution in [3.8, 4) is 0 Å². The molecule has 0 radical (unpaired) electrons. The number of urea groups is 1. The SMILES string of the molecule is CCC(CC(=O)O)c1ccc(N(CC)C2CCOCC2)c(NC(=O)Nc2cc(C)on2)c1. The van der Waals surface area contributed by atoms with Crippen LogP contribution in [-0.4, -0.2) is 48.1 Å². The van der Waals surface area contributed by atoms with Crippen LogP contribution in [0.25, 0.3) is 0 Å². The average Bonchev–Trinajstić information content (AvgIpc) is 3.18. The number of anilines is 3. The van der Waals surface area contributed by atoms with E-state index >= 15 is 0 Å². The molecule has 0 saturated carbocycles. The Hall–Kier alpha value is -3.07. The monoisotopic (exact) mass is 444 g/mol. The minimum Gasteiger partial charge on any atom is -0.481 e. The third-order valence-electron chi connectivity index (χ3n) is 5.81. The molecule has 1 atom stereocenters. The van der Waals surface area contributed by atoms with Crippen LogP contribution in [-0.2, 0) is 9.53 Å². The quantitative estimate of drug-likeness (QED) is 0.517. The van der Waals surface area contributed by atoms with Crippen molar-refractivity contribution in [3.63, 3.8) is 0 Å². The molecule has 3 rings (SSSR count). The van der Waals surface area contributed by atoms with Crippen molar-refractivity contribution < 1.29 is 24.0 Å². The number of nitrogens with one attached hydrogen (secondary N) is 2. The molecule has 1 aromatic heterocycles. The number of carboxylic acid groups (broad SMARTS) is 1. The predicted octanol–water partition coefficient (Wildman–Crippen LogP) is 4.60. The maximum absolute atomic E-state index is 12.7. The summed E-state index contributed by atoms with van der Waals surface area (Å²) in [5.41, 5.74) is 2.42. The Bertz CT molecular complexity index is 923. The van der Waals surface area contributed by atoms with E-state index < -0.39 is 12.0 Å². The van der Waals surface area contributed by atoms with E-state index in [9.17, 15) is 14.7 Å². The fraction of sp³-hybridized carbons (Fsp3) is 0.522. The number of amides is 2. The molecule has 3 N–H and O–H groups in total. The number of hydrogen-bond acceptors (Lipinski definition) is 6. The van der Waals surface area contributed by atoms with Crippen molar-refractivity contribution in [3.05, 3.63) is 35.6 Å². The number of carboxylic acids is 1. The first-order valence-corrected chi connectivity index (χ1v) is 11.1. The van der Waals surface area contributed by atoms with Crippen molar-refractivity contribution in [2.24, 2.45) is 0 Å². The normalized spacial score (nSPS) is 15.2. The van der Waals surface area contributed by atoms with Crippen LogP contribution >= 0.6 is 0 Å². The second-order valence-corrected chi connectivity index (χ2v) is 8.01. The first-order valence-electron chi connectivity index (χ1n) is 11.1. The van der Waals surface area contributed by atoms with Gasteiger partial charge in [0.15, 0.2) is 5.82 Å². The van der Waals surface area contributed by atoms with Crippen LogP contribution in [0.3, 0.4) is 0 Å². The molecule has 32 heavy (non-hydrogen) atoms. The maximum Gasteiger partial charge on any atom is 0.325 e. The molecule has 0 aliphatic carbocycles. The minimum absolute atomic E-state index is 0.0388. The summed E-state index contributed by atoms with van der Waals surface area (Å²) in [7, 11) is 0. The van der Waals surface area contributed by atoms with E-state index in [1.165, 1.54) is 0 Å². The summed E-state index contributed by atoms with van der Waals surface area (Å²) in [4.78, 5) is 26.3. The Morgan fingerprint density at radius 1 is 1.22 bits per heavy atom. The van der Waals surface area contributed by atoms with Gasteiger partial charge in [-0.2, -0.15) is 0 Å². The van der Waals surface area contributed by atoms with Gasteiger partial charge in [-0.3, -0.25) is 10.1 Å². The molecular weight excluding hydrogens is 412 g/mol. The van der Waals surface area contributed by atoms with Gasteiger partial charge in [0.1, 0.15) is 5.76 Å². The number of benzene rings is 1. The lowest BCUT2D eigenvalue weighted by atomic mass is 9.92. The Balaban J connectivity index is 1.91. The molecule has 1 unspecified atom stereocenters. The molecule has 2 aromatic rings. The van der Waals surface area contributed by atoms with Crippen LogP contribution in [0, 0.1) is 6.92 Å². The third kappa shape index (κ3) is 6.00. The van der Waals surface area contributed by atoms with E-state index in [1.807, 2.05) is 25.1 Å². The van der Waals surface area contributed by atoms with Crippen molar-refractivity contribution in [1.29, 1.82) is 0 Å². The Kier molecular flexibility index (Phi) is 8.10. The molecule has 9 nitrogen and oxygen atoms in total. The number of ether oxygens (including phenoxy) is 1. The van der Waals surface area contributed by atoms with Gasteiger partial charge in [-0.25, -0.2) is 4.79 Å². The fourth-order valence-electron chi connectivity index (χ4n) is 4.18. The number of nitrogens with zero attached hydrogens (tertiary/aromatic N) is 2. The van der Waals surface area contributed by atoms with Gasteiger partial charge in [0.05, 0.1) is 17.8 Å². The summed E-state index contributed by atoms with van der Waals surface area (Å²) in [5, 5.41) is 18.7. The zero-order chi connectivity index (χ0) is 23.1. The summed E-state index contributed by atoms with van der Waals surface area (Å²) < 4.78 is 10.5. The number of aliphatic carboxylic acids is 1. The number of rotatable bonds is 9. The predicted molar refractivity (Wildman–Crippen MR) is 122 cm³/mol. The molecule has 1 aliphatic rings. The highest BCUT2D eigenvalue weighted by molar-refractivity contribution is 6.01. The second-order valence-electron chi connectivity index (χ2n) is 8.01. The van der Waals surface area contributed by atoms with E-state index in [1.54, 1.807) is 13.0 Å². The number of aryl methyl sites for hydroxylation is 1. The first-order chi connectivity index (χ1) is 15.4. The zero-order valence-electron chi connectivity index (χ0n) is 18.9. The summed E-state index contributed by atoms with van der Waals surface area (Å²) in [6.45, 7) is 8.00. The van der Waals surface area contributed by atoms with Crippen LogP contribution in [0.5, 0.6) is 0 Å². The molecule has 174 valence electrons. The standard InChI is InChI=1S/C23H32N4O5/c1-4-16(14-22(28)29)17-6-7-20(27(5-2)18-8-10-31-11-9-18)19(13-17)24-23(30)25-21-12-15(3)32-26-21/h6-7,12-13,16,18H,4-5,8-11,14H2,1-3H3,(H,28,29)(H2,24,25,26,30). The summed E-state index contributed by atoms with van der Waals surface area (Å²) in [6, 6.07) is 7.35. The van der Waals surface area contributed by atoms with Gasteiger partial charge in [-0.05, 0) is 56.7 Å². The molecule has 2 amide bonds. The van der Waals surface area contributed by atoms with Crippen molar-refractivity contribution >= 4 is 29.2 Å². The molecular formula is C23H32N4O5. The van der Waals surface area contributed by atoms with Crippen LogP contribution in [0.2, 0.25) is 0 Å². The molecule has 1 aromatic carbocycles. The fourth-order valence-corrected chi connectivity index (χ4v) is 4.18. The van der Waals surface area contributed by atoms with Gasteiger partial charge >= 0.3 is 12.0 Å². The lowest BCUT2D eigenvalue weighted by Crippen LogP contribution is -2.40. The number of carbonyl (C=O) groups excluding carboxylic acids is 1. The largest absolute Gasteiger partial charge is 0.481 e. The molecule has 1 aliphatic heterocycles. The van der Waals surface area contributed by atoms with Gasteiger partial charge in [-0.15, -0.1) is 0 Å². The lowest BCUT2D eigenvalue weighted by molar-refractivity contribution is -0.137. The minimum atomic E-state index is -0.841. The van der Waals surface area contributed by atoms with E-state index in [4.69, 9.17) is 9.26 Å². The van der Waals surface area contributed by atoms with Gasteiger partial charge in [0.25, 0.3) is 0 Å². The number of carbonyl (C=O) groups is 2. The van der Waals surface area contributed by atoms with Crippen molar-refractivity contribution in [2.75, 3.05) is 35.3 Å². The van der Waals surface area contributed by atoms with Gasteiger partial charge in [0, 0.05) is 31.9 Å². The van der Waals surface area contributed by atoms with E-state index in [-0.39, 0.29) is 12.3 Å². The van der Waals surface area contributed by atoms with Crippen LogP contribution < -0.4 is 15.5 Å². The van der Waals surface area contributed by atoms with Crippen LogP contribution in [0.1, 0.15) is 56.8 Å². The van der Waals surface area contributed by atoms with Gasteiger partial charge in [0.2, 0.25) is 0 Å². The smallest absolute Gasteiger partial charge is 0.325 e. The molecule has 0 spiro atoms. The Morgan fingerprint density at radius 2 is 1.97 bits per heavy atom. The maximum atomic E-state index is 12.7. The molecule has 0 bridgehead atoms. The third-order valence-corrected chi connectivity index (χ3v) is 5.81. The number of aromatic nitrogens is 1. The zero-order valence-corrected chi connectivity index (χ0v) is 18.9. The highest BCUT2D eigenvalue weighted by atomic mass is 16.5. The Morgan fingerprint density at radius 3 is 2.56 bits per heavy atom. The van der Waals surface area contributed by atoms with Crippen LogP contribution in [0.4, 0.5) is 22.0 Å². The highest BCUT2D eigenvalue weighted by Crippen LogP contribution is 2.35. The second kappa shape index (κ2) is 11.0. The Labute approximate surface area is 188 Å². The topological polar surface area (TPSA) is 117 Å². The van der Waals surface area contributed by atoms with Gasteiger partial charge in [-0.1, -0.05) is 18.1 Å².